The van der Waals surface area contributed by atoms with Crippen LogP contribution in [0.5, 0.6) is 0 Å². The van der Waals surface area contributed by atoms with Gasteiger partial charge < -0.3 is 5.73 Å². The van der Waals surface area contributed by atoms with Gasteiger partial charge in [-0.1, -0.05) is 23.9 Å². The molecule has 2 N–H and O–H groups in total. The van der Waals surface area contributed by atoms with Crippen LogP contribution in [0.25, 0.3) is 0 Å². The summed E-state index contributed by atoms with van der Waals surface area (Å²) < 4.78 is 40.3. The van der Waals surface area contributed by atoms with E-state index in [1.807, 2.05) is 17.5 Å². The topological polar surface area (TPSA) is 26.0 Å². The van der Waals surface area contributed by atoms with Crippen LogP contribution in [0.2, 0.25) is 0 Å². The van der Waals surface area contributed by atoms with Gasteiger partial charge in [0.25, 0.3) is 0 Å². The molecule has 0 saturated carbocycles. The second-order valence-electron chi connectivity index (χ2n) is 4.54. The number of alkyl halides is 3. The number of hydrogen-bond donors (Lipinski definition) is 1. The van der Waals surface area contributed by atoms with Crippen LogP contribution in [0, 0.1) is 0 Å². The number of hydrogen-bond acceptors (Lipinski definition) is 3. The van der Waals surface area contributed by atoms with Crippen LogP contribution in [0.15, 0.2) is 44.8 Å². The standard InChI is InChI=1S/C14H14F3NS2/c1-9(18)7-10-4-5-12(11(8-10)14(15,16)17)20-13-3-2-6-19-13/h2-6,8-9H,7,18H2,1H3. The summed E-state index contributed by atoms with van der Waals surface area (Å²) in [7, 11) is 0. The van der Waals surface area contributed by atoms with Crippen molar-refractivity contribution in [3.05, 3.63) is 46.8 Å². The minimum atomic E-state index is -4.35. The summed E-state index contributed by atoms with van der Waals surface area (Å²) in [5, 5.41) is 1.85. The van der Waals surface area contributed by atoms with Crippen molar-refractivity contribution in [1.29, 1.82) is 0 Å². The molecular weight excluding hydrogens is 303 g/mol. The maximum absolute atomic E-state index is 13.2. The number of thiophene rings is 1. The number of rotatable bonds is 4. The van der Waals surface area contributed by atoms with E-state index in [1.165, 1.54) is 23.5 Å². The Kier molecular flexibility index (Phi) is 4.78. The molecule has 0 fully saturated rings. The lowest BCUT2D eigenvalue weighted by Gasteiger charge is -2.14. The zero-order chi connectivity index (χ0) is 14.8. The molecule has 0 amide bonds. The lowest BCUT2D eigenvalue weighted by atomic mass is 10.0. The SMILES string of the molecule is CC(N)Cc1ccc(Sc2cccs2)c(C(F)(F)F)c1. The van der Waals surface area contributed by atoms with Crippen molar-refractivity contribution in [2.45, 2.75) is 34.7 Å². The van der Waals surface area contributed by atoms with Gasteiger partial charge in [0.15, 0.2) is 0 Å². The zero-order valence-electron chi connectivity index (χ0n) is 10.8. The van der Waals surface area contributed by atoms with E-state index in [9.17, 15) is 13.2 Å². The van der Waals surface area contributed by atoms with E-state index >= 15 is 0 Å². The average molecular weight is 317 g/mol. The fourth-order valence-corrected chi connectivity index (χ4v) is 3.68. The molecule has 1 atom stereocenters. The van der Waals surface area contributed by atoms with Crippen LogP contribution >= 0.6 is 23.1 Å². The van der Waals surface area contributed by atoms with Crippen molar-refractivity contribution >= 4 is 23.1 Å². The molecule has 1 heterocycles. The summed E-state index contributed by atoms with van der Waals surface area (Å²) >= 11 is 2.57. The van der Waals surface area contributed by atoms with Crippen molar-refractivity contribution in [1.82, 2.24) is 0 Å². The van der Waals surface area contributed by atoms with Crippen LogP contribution in [0.4, 0.5) is 13.2 Å². The first kappa shape index (κ1) is 15.4. The van der Waals surface area contributed by atoms with Crippen molar-refractivity contribution in [3.8, 4) is 0 Å². The Labute approximate surface area is 124 Å². The van der Waals surface area contributed by atoms with Gasteiger partial charge in [0.2, 0.25) is 0 Å². The summed E-state index contributed by atoms with van der Waals surface area (Å²) in [6, 6.07) is 7.93. The molecule has 0 spiro atoms. The summed E-state index contributed by atoms with van der Waals surface area (Å²) in [5.41, 5.74) is 5.67. The highest BCUT2D eigenvalue weighted by molar-refractivity contribution is 8.01. The van der Waals surface area contributed by atoms with Gasteiger partial charge in [-0.05, 0) is 42.5 Å². The normalized spacial score (nSPS) is 13.4. The van der Waals surface area contributed by atoms with E-state index in [0.29, 0.717) is 12.0 Å². The monoisotopic (exact) mass is 317 g/mol. The van der Waals surface area contributed by atoms with Crippen molar-refractivity contribution in [2.75, 3.05) is 0 Å². The molecule has 2 aromatic rings. The molecule has 0 aliphatic rings. The van der Waals surface area contributed by atoms with Crippen LogP contribution in [0.3, 0.4) is 0 Å². The van der Waals surface area contributed by atoms with Gasteiger partial charge in [-0.3, -0.25) is 0 Å². The van der Waals surface area contributed by atoms with Crippen LogP contribution in [-0.2, 0) is 12.6 Å². The Morgan fingerprint density at radius 2 is 2.05 bits per heavy atom. The molecule has 1 aromatic carbocycles. The van der Waals surface area contributed by atoms with E-state index < -0.39 is 11.7 Å². The molecule has 1 nitrogen and oxygen atoms in total. The quantitative estimate of drug-likeness (QED) is 0.876. The molecule has 0 aliphatic heterocycles. The smallest absolute Gasteiger partial charge is 0.328 e. The van der Waals surface area contributed by atoms with Gasteiger partial charge in [0.1, 0.15) is 0 Å². The van der Waals surface area contributed by atoms with E-state index in [-0.39, 0.29) is 10.9 Å². The number of halogens is 3. The number of nitrogens with two attached hydrogens (primary N) is 1. The van der Waals surface area contributed by atoms with Gasteiger partial charge in [0, 0.05) is 10.9 Å². The molecule has 20 heavy (non-hydrogen) atoms. The first-order valence-corrected chi connectivity index (χ1v) is 7.73. The predicted molar refractivity (Wildman–Crippen MR) is 77.2 cm³/mol. The molecule has 108 valence electrons. The van der Waals surface area contributed by atoms with Crippen molar-refractivity contribution < 1.29 is 13.2 Å². The highest BCUT2D eigenvalue weighted by Gasteiger charge is 2.34. The predicted octanol–water partition coefficient (Wildman–Crippen LogP) is 4.81. The summed E-state index contributed by atoms with van der Waals surface area (Å²) in [6.07, 6.45) is -3.92. The molecule has 1 unspecified atom stereocenters. The first-order chi connectivity index (χ1) is 9.36. The molecule has 0 saturated heterocycles. The largest absolute Gasteiger partial charge is 0.417 e. The lowest BCUT2D eigenvalue weighted by molar-refractivity contribution is -0.139. The van der Waals surface area contributed by atoms with Crippen molar-refractivity contribution in [3.63, 3.8) is 0 Å². The highest BCUT2D eigenvalue weighted by atomic mass is 32.2. The fourth-order valence-electron chi connectivity index (χ4n) is 1.82. The van der Waals surface area contributed by atoms with Crippen LogP contribution in [-0.4, -0.2) is 6.04 Å². The Bertz CT molecular complexity index is 562. The Morgan fingerprint density at radius 1 is 1.30 bits per heavy atom. The van der Waals surface area contributed by atoms with E-state index in [2.05, 4.69) is 0 Å². The Morgan fingerprint density at radius 3 is 2.60 bits per heavy atom. The van der Waals surface area contributed by atoms with Gasteiger partial charge in [0.05, 0.1) is 9.77 Å². The molecule has 0 radical (unpaired) electrons. The third kappa shape index (κ3) is 4.01. The highest BCUT2D eigenvalue weighted by Crippen LogP contribution is 2.41. The second-order valence-corrected chi connectivity index (χ2v) is 6.83. The van der Waals surface area contributed by atoms with Crippen LogP contribution < -0.4 is 5.73 Å². The summed E-state index contributed by atoms with van der Waals surface area (Å²) in [5.74, 6) is 0. The van der Waals surface area contributed by atoms with Gasteiger partial charge in [-0.2, -0.15) is 13.2 Å². The Balaban J connectivity index is 2.35. The van der Waals surface area contributed by atoms with E-state index in [0.717, 1.165) is 16.0 Å². The van der Waals surface area contributed by atoms with E-state index in [1.54, 1.807) is 13.0 Å². The van der Waals surface area contributed by atoms with Crippen molar-refractivity contribution in [2.24, 2.45) is 5.73 Å². The molecule has 2 rings (SSSR count). The third-order valence-electron chi connectivity index (χ3n) is 2.61. The maximum Gasteiger partial charge on any atom is 0.417 e. The van der Waals surface area contributed by atoms with Gasteiger partial charge in [-0.25, -0.2) is 0 Å². The Hall–Kier alpha value is -0.980. The summed E-state index contributed by atoms with van der Waals surface area (Å²) in [6.45, 7) is 1.78. The first-order valence-electron chi connectivity index (χ1n) is 6.03. The minimum absolute atomic E-state index is 0.160. The summed E-state index contributed by atoms with van der Waals surface area (Å²) in [4.78, 5) is 0.230. The third-order valence-corrected chi connectivity index (χ3v) is 4.73. The fraction of sp³-hybridized carbons (Fsp3) is 0.286. The molecule has 1 aromatic heterocycles. The minimum Gasteiger partial charge on any atom is -0.328 e. The van der Waals surface area contributed by atoms with Crippen LogP contribution in [0.1, 0.15) is 18.1 Å². The maximum atomic E-state index is 13.2. The molecule has 0 bridgehead atoms. The zero-order valence-corrected chi connectivity index (χ0v) is 12.4. The number of benzene rings is 1. The second kappa shape index (κ2) is 6.20. The van der Waals surface area contributed by atoms with E-state index in [4.69, 9.17) is 5.73 Å². The van der Waals surface area contributed by atoms with Gasteiger partial charge in [-0.15, -0.1) is 11.3 Å². The lowest BCUT2D eigenvalue weighted by Crippen LogP contribution is -2.18. The molecule has 6 heteroatoms. The van der Waals surface area contributed by atoms with Gasteiger partial charge >= 0.3 is 6.18 Å². The molecule has 0 aliphatic carbocycles. The molecular formula is C14H14F3NS2. The average Bonchev–Trinajstić information content (AvgIpc) is 2.82.